The Morgan fingerprint density at radius 1 is 0.765 bits per heavy atom. The number of halogens is 1. The highest BCUT2D eigenvalue weighted by Gasteiger charge is 2.10. The van der Waals surface area contributed by atoms with Gasteiger partial charge in [0.15, 0.2) is 0 Å². The van der Waals surface area contributed by atoms with E-state index in [4.69, 9.17) is 0 Å². The van der Waals surface area contributed by atoms with Crippen LogP contribution in [0.1, 0.15) is 54.9 Å². The molecule has 0 saturated heterocycles. The summed E-state index contributed by atoms with van der Waals surface area (Å²) >= 11 is 0. The summed E-state index contributed by atoms with van der Waals surface area (Å²) in [5.74, 6) is 6.27. The topological polar surface area (TPSA) is 0 Å². The van der Waals surface area contributed by atoms with Crippen molar-refractivity contribution in [3.8, 4) is 23.0 Å². The summed E-state index contributed by atoms with van der Waals surface area (Å²) in [6, 6.07) is 26.2. The molecule has 4 rings (SSSR count). The summed E-state index contributed by atoms with van der Waals surface area (Å²) < 4.78 is 15.4. The zero-order valence-electron chi connectivity index (χ0n) is 19.9. The minimum Gasteiger partial charge on any atom is -0.206 e. The van der Waals surface area contributed by atoms with Gasteiger partial charge in [-0.15, -0.1) is 6.58 Å². The molecule has 0 amide bonds. The lowest BCUT2D eigenvalue weighted by Crippen LogP contribution is -1.90. The molecule has 0 fully saturated rings. The number of allylic oxidation sites excluding steroid dienone is 1. The Bertz CT molecular complexity index is 1320. The molecule has 0 heterocycles. The van der Waals surface area contributed by atoms with Gasteiger partial charge < -0.3 is 0 Å². The Morgan fingerprint density at radius 3 is 2.18 bits per heavy atom. The first-order valence-corrected chi connectivity index (χ1v) is 12.2. The van der Waals surface area contributed by atoms with Crippen molar-refractivity contribution < 1.29 is 4.39 Å². The number of hydrogen-bond acceptors (Lipinski definition) is 0. The van der Waals surface area contributed by atoms with Crippen LogP contribution in [0.25, 0.3) is 21.9 Å². The Balaban J connectivity index is 1.52. The molecule has 170 valence electrons. The molecule has 0 aliphatic rings. The van der Waals surface area contributed by atoms with Crippen LogP contribution < -0.4 is 0 Å². The number of benzene rings is 4. The smallest absolute Gasteiger partial charge is 0.138 e. The van der Waals surface area contributed by atoms with Crippen molar-refractivity contribution in [1.82, 2.24) is 0 Å². The molecule has 34 heavy (non-hydrogen) atoms. The van der Waals surface area contributed by atoms with Gasteiger partial charge in [0, 0.05) is 22.1 Å². The van der Waals surface area contributed by atoms with E-state index in [0.717, 1.165) is 41.3 Å². The maximum atomic E-state index is 15.4. The van der Waals surface area contributed by atoms with Crippen LogP contribution in [0.2, 0.25) is 0 Å². The van der Waals surface area contributed by atoms with Crippen LogP contribution in [0.3, 0.4) is 0 Å². The predicted octanol–water partition coefficient (Wildman–Crippen LogP) is 8.90. The van der Waals surface area contributed by atoms with Crippen LogP contribution in [-0.2, 0) is 12.8 Å². The lowest BCUT2D eigenvalue weighted by atomic mass is 9.97. The highest BCUT2D eigenvalue weighted by molar-refractivity contribution is 5.89. The van der Waals surface area contributed by atoms with Gasteiger partial charge >= 0.3 is 0 Å². The summed E-state index contributed by atoms with van der Waals surface area (Å²) in [4.78, 5) is 0. The Labute approximate surface area is 203 Å². The van der Waals surface area contributed by atoms with E-state index < -0.39 is 0 Å². The van der Waals surface area contributed by atoms with Crippen molar-refractivity contribution in [2.24, 2.45) is 0 Å². The largest absolute Gasteiger partial charge is 0.206 e. The molecule has 0 atom stereocenters. The van der Waals surface area contributed by atoms with Gasteiger partial charge in [-0.2, -0.15) is 0 Å². The highest BCUT2D eigenvalue weighted by Crippen LogP contribution is 2.30. The summed E-state index contributed by atoms with van der Waals surface area (Å²) in [7, 11) is 0. The predicted molar refractivity (Wildman–Crippen MR) is 144 cm³/mol. The van der Waals surface area contributed by atoms with Gasteiger partial charge in [-0.3, -0.25) is 0 Å². The molecule has 0 radical (unpaired) electrons. The van der Waals surface area contributed by atoms with Crippen LogP contribution >= 0.6 is 0 Å². The average molecular weight is 447 g/mol. The molecule has 0 aromatic heterocycles. The molecule has 0 spiro atoms. The van der Waals surface area contributed by atoms with Crippen molar-refractivity contribution in [3.63, 3.8) is 0 Å². The van der Waals surface area contributed by atoms with Crippen LogP contribution in [0.4, 0.5) is 4.39 Å². The fourth-order valence-corrected chi connectivity index (χ4v) is 4.19. The molecular weight excluding hydrogens is 415 g/mol. The third kappa shape index (κ3) is 5.83. The monoisotopic (exact) mass is 446 g/mol. The normalized spacial score (nSPS) is 10.6. The van der Waals surface area contributed by atoms with Gasteiger partial charge in [-0.25, -0.2) is 4.39 Å². The Hall–Kier alpha value is -3.63. The van der Waals surface area contributed by atoms with Crippen LogP contribution in [-0.4, -0.2) is 0 Å². The number of aryl methyl sites for hydroxylation is 2. The molecule has 0 N–H and O–H groups in total. The van der Waals surface area contributed by atoms with Gasteiger partial charge in [0.25, 0.3) is 0 Å². The van der Waals surface area contributed by atoms with E-state index in [1.54, 1.807) is 0 Å². The lowest BCUT2D eigenvalue weighted by Gasteiger charge is -2.09. The standard InChI is InChI=1S/C33H31F/c1-3-5-7-9-26-16-19-29(20-17-26)31-23-21-30-24-28(18-22-32(30)33(31)34)15-14-27-12-10-25(11-13-27)8-6-4-2/h4,10-13,16-24H,2-3,5-9H2,1H3. The van der Waals surface area contributed by atoms with Gasteiger partial charge in [-0.05, 0) is 72.0 Å². The van der Waals surface area contributed by atoms with E-state index in [9.17, 15) is 0 Å². The first-order chi connectivity index (χ1) is 16.7. The second-order valence-electron chi connectivity index (χ2n) is 8.79. The molecule has 4 aromatic rings. The second kappa shape index (κ2) is 11.5. The summed E-state index contributed by atoms with van der Waals surface area (Å²) in [6.07, 6.45) is 8.66. The van der Waals surface area contributed by atoms with Crippen molar-refractivity contribution in [3.05, 3.63) is 120 Å². The fourth-order valence-electron chi connectivity index (χ4n) is 4.19. The number of fused-ring (bicyclic) bond motifs is 1. The SMILES string of the molecule is C=CCCc1ccc(C#Cc2ccc3c(F)c(-c4ccc(CCCCC)cc4)ccc3c2)cc1. The first kappa shape index (κ1) is 23.5. The summed E-state index contributed by atoms with van der Waals surface area (Å²) in [5, 5.41) is 1.49. The molecule has 0 bridgehead atoms. The maximum Gasteiger partial charge on any atom is 0.138 e. The van der Waals surface area contributed by atoms with E-state index in [0.29, 0.717) is 10.9 Å². The van der Waals surface area contributed by atoms with Crippen LogP contribution in [0.15, 0.2) is 91.5 Å². The molecular formula is C33H31F. The number of unbranched alkanes of at least 4 members (excludes halogenated alkanes) is 2. The van der Waals surface area contributed by atoms with Crippen molar-refractivity contribution in [2.45, 2.75) is 45.4 Å². The van der Waals surface area contributed by atoms with Crippen molar-refractivity contribution in [2.75, 3.05) is 0 Å². The van der Waals surface area contributed by atoms with E-state index in [2.05, 4.69) is 49.6 Å². The van der Waals surface area contributed by atoms with E-state index in [-0.39, 0.29) is 5.82 Å². The third-order valence-electron chi connectivity index (χ3n) is 6.23. The molecule has 0 saturated carbocycles. The molecule has 0 aliphatic heterocycles. The molecule has 0 unspecified atom stereocenters. The van der Waals surface area contributed by atoms with Gasteiger partial charge in [0.2, 0.25) is 0 Å². The quantitative estimate of drug-likeness (QED) is 0.144. The fraction of sp³-hybridized carbons (Fsp3) is 0.212. The lowest BCUT2D eigenvalue weighted by molar-refractivity contribution is 0.643. The van der Waals surface area contributed by atoms with Crippen LogP contribution in [0, 0.1) is 17.7 Å². The summed E-state index contributed by atoms with van der Waals surface area (Å²) in [6.45, 7) is 5.99. The minimum atomic E-state index is -0.175. The molecule has 0 aliphatic carbocycles. The van der Waals surface area contributed by atoms with Crippen molar-refractivity contribution in [1.29, 1.82) is 0 Å². The van der Waals surface area contributed by atoms with Crippen LogP contribution in [0.5, 0.6) is 0 Å². The third-order valence-corrected chi connectivity index (χ3v) is 6.23. The van der Waals surface area contributed by atoms with E-state index >= 15 is 4.39 Å². The van der Waals surface area contributed by atoms with E-state index in [1.807, 2.05) is 60.7 Å². The second-order valence-corrected chi connectivity index (χ2v) is 8.79. The zero-order valence-corrected chi connectivity index (χ0v) is 19.9. The molecule has 1 heteroatoms. The Kier molecular flexibility index (Phi) is 7.95. The Morgan fingerprint density at radius 2 is 1.44 bits per heavy atom. The van der Waals surface area contributed by atoms with Gasteiger partial charge in [0.1, 0.15) is 5.82 Å². The first-order valence-electron chi connectivity index (χ1n) is 12.2. The van der Waals surface area contributed by atoms with Crippen molar-refractivity contribution >= 4 is 10.8 Å². The zero-order chi connectivity index (χ0) is 23.8. The number of hydrogen-bond donors (Lipinski definition) is 0. The van der Waals surface area contributed by atoms with Gasteiger partial charge in [0.05, 0.1) is 0 Å². The average Bonchev–Trinajstić information content (AvgIpc) is 2.88. The highest BCUT2D eigenvalue weighted by atomic mass is 19.1. The van der Waals surface area contributed by atoms with Gasteiger partial charge in [-0.1, -0.05) is 92.3 Å². The maximum absolute atomic E-state index is 15.4. The minimum absolute atomic E-state index is 0.175. The van der Waals surface area contributed by atoms with E-state index in [1.165, 1.54) is 30.4 Å². The molecule has 4 aromatic carbocycles. The summed E-state index contributed by atoms with van der Waals surface area (Å²) in [5.41, 5.74) is 6.01. The number of rotatable bonds is 8. The molecule has 0 nitrogen and oxygen atoms in total.